The zero-order valence-corrected chi connectivity index (χ0v) is 11.0. The summed E-state index contributed by atoms with van der Waals surface area (Å²) in [5, 5.41) is 3.31. The number of sulfonamides is 1. The molecule has 0 saturated carbocycles. The Morgan fingerprint density at radius 3 is 2.45 bits per heavy atom. The monoisotopic (exact) mass is 305 g/mol. The summed E-state index contributed by atoms with van der Waals surface area (Å²) >= 11 is 0. The van der Waals surface area contributed by atoms with Gasteiger partial charge in [0.25, 0.3) is 10.0 Å². The summed E-state index contributed by atoms with van der Waals surface area (Å²) in [7, 11) is -2.74. The highest BCUT2D eigenvalue weighted by atomic mass is 32.2. The maximum absolute atomic E-state index is 12.9. The highest BCUT2D eigenvalue weighted by Crippen LogP contribution is 2.34. The molecule has 0 aliphatic rings. The van der Waals surface area contributed by atoms with Gasteiger partial charge in [0.1, 0.15) is 0 Å². The molecule has 0 fully saturated rings. The summed E-state index contributed by atoms with van der Waals surface area (Å²) < 4.78 is 65.1. The number of hydrogen-bond donors (Lipinski definition) is 1. The molecule has 0 atom stereocenters. The van der Waals surface area contributed by atoms with Crippen molar-refractivity contribution in [1.82, 2.24) is 14.5 Å². The molecule has 0 spiro atoms. The number of rotatable bonds is 3. The Morgan fingerprint density at radius 1 is 1.20 bits per heavy atom. The van der Waals surface area contributed by atoms with Crippen LogP contribution in [0.25, 0.3) is 5.69 Å². The molecule has 0 unspecified atom stereocenters. The Balaban J connectivity index is 2.69. The van der Waals surface area contributed by atoms with E-state index in [0.29, 0.717) is 0 Å². The minimum atomic E-state index is -4.61. The van der Waals surface area contributed by atoms with Gasteiger partial charge in [-0.25, -0.2) is 17.8 Å². The van der Waals surface area contributed by atoms with E-state index in [9.17, 15) is 21.6 Å². The number of hydrogen-bond acceptors (Lipinski definition) is 3. The lowest BCUT2D eigenvalue weighted by atomic mass is 10.2. The second-order valence-corrected chi connectivity index (χ2v) is 5.64. The molecule has 108 valence electrons. The van der Waals surface area contributed by atoms with Gasteiger partial charge in [-0.3, -0.25) is 0 Å². The highest BCUT2D eigenvalue weighted by molar-refractivity contribution is 7.89. The Morgan fingerprint density at radius 2 is 1.85 bits per heavy atom. The lowest BCUT2D eigenvalue weighted by molar-refractivity contribution is -0.137. The Bertz CT molecular complexity index is 723. The standard InChI is InChI=1S/C11H10F3N3O2S/c1-15-20(18,19)10-6-7-16-17(10)9-5-3-2-4-8(9)11(12,13)14/h2-7,15H,1H3. The maximum Gasteiger partial charge on any atom is 0.418 e. The molecule has 0 radical (unpaired) electrons. The van der Waals surface area contributed by atoms with Crippen LogP contribution in [0, 0.1) is 0 Å². The lowest BCUT2D eigenvalue weighted by Gasteiger charge is -2.14. The van der Waals surface area contributed by atoms with Crippen LogP contribution in [0.3, 0.4) is 0 Å². The third-order valence-corrected chi connectivity index (χ3v) is 3.99. The zero-order chi connectivity index (χ0) is 15.0. The largest absolute Gasteiger partial charge is 0.418 e. The van der Waals surface area contributed by atoms with E-state index in [1.165, 1.54) is 19.2 Å². The second-order valence-electron chi connectivity index (χ2n) is 3.80. The van der Waals surface area contributed by atoms with Crippen molar-refractivity contribution in [3.63, 3.8) is 0 Å². The van der Waals surface area contributed by atoms with Gasteiger partial charge in [-0.1, -0.05) is 12.1 Å². The second kappa shape index (κ2) is 4.91. The van der Waals surface area contributed by atoms with Gasteiger partial charge in [-0.15, -0.1) is 0 Å². The van der Waals surface area contributed by atoms with Crippen molar-refractivity contribution in [3.8, 4) is 5.69 Å². The van der Waals surface area contributed by atoms with E-state index in [0.717, 1.165) is 29.1 Å². The van der Waals surface area contributed by atoms with E-state index in [2.05, 4.69) is 5.10 Å². The van der Waals surface area contributed by atoms with Gasteiger partial charge in [-0.2, -0.15) is 18.3 Å². The number of nitrogens with zero attached hydrogens (tertiary/aromatic N) is 2. The van der Waals surface area contributed by atoms with Crippen LogP contribution in [0.1, 0.15) is 5.56 Å². The van der Waals surface area contributed by atoms with Crippen molar-refractivity contribution in [2.75, 3.05) is 7.05 Å². The number of nitrogens with one attached hydrogen (secondary N) is 1. The van der Waals surface area contributed by atoms with Crippen molar-refractivity contribution in [2.45, 2.75) is 11.2 Å². The van der Waals surface area contributed by atoms with Gasteiger partial charge in [-0.05, 0) is 25.2 Å². The molecule has 2 aromatic rings. The van der Waals surface area contributed by atoms with E-state index < -0.39 is 21.8 Å². The van der Waals surface area contributed by atoms with Crippen molar-refractivity contribution in [3.05, 3.63) is 42.1 Å². The number of halogens is 3. The first kappa shape index (κ1) is 14.5. The fraction of sp³-hybridized carbons (Fsp3) is 0.182. The summed E-state index contributed by atoms with van der Waals surface area (Å²) in [5.41, 5.74) is -1.31. The van der Waals surface area contributed by atoms with Gasteiger partial charge in [0.05, 0.1) is 17.4 Å². The summed E-state index contributed by atoms with van der Waals surface area (Å²) in [6.07, 6.45) is -3.49. The third-order valence-electron chi connectivity index (χ3n) is 2.59. The van der Waals surface area contributed by atoms with Crippen LogP contribution >= 0.6 is 0 Å². The molecule has 2 rings (SSSR count). The number of aromatic nitrogens is 2. The predicted molar refractivity (Wildman–Crippen MR) is 64.8 cm³/mol. The normalized spacial score (nSPS) is 12.6. The molecule has 20 heavy (non-hydrogen) atoms. The molecule has 1 heterocycles. The number of alkyl halides is 3. The number of benzene rings is 1. The Hall–Kier alpha value is -1.87. The lowest BCUT2D eigenvalue weighted by Crippen LogP contribution is -2.23. The van der Waals surface area contributed by atoms with Gasteiger partial charge in [0.15, 0.2) is 5.03 Å². The average molecular weight is 305 g/mol. The van der Waals surface area contributed by atoms with Crippen molar-refractivity contribution in [2.24, 2.45) is 0 Å². The maximum atomic E-state index is 12.9. The van der Waals surface area contributed by atoms with E-state index in [4.69, 9.17) is 0 Å². The van der Waals surface area contributed by atoms with Crippen LogP contribution in [0.5, 0.6) is 0 Å². The van der Waals surface area contributed by atoms with Gasteiger partial charge in [0.2, 0.25) is 0 Å². The van der Waals surface area contributed by atoms with Crippen molar-refractivity contribution >= 4 is 10.0 Å². The van der Waals surface area contributed by atoms with Crippen molar-refractivity contribution < 1.29 is 21.6 Å². The first-order valence-electron chi connectivity index (χ1n) is 5.41. The summed E-state index contributed by atoms with van der Waals surface area (Å²) in [5.74, 6) is 0. The van der Waals surface area contributed by atoms with E-state index in [-0.39, 0.29) is 10.7 Å². The number of para-hydroxylation sites is 1. The fourth-order valence-electron chi connectivity index (χ4n) is 1.68. The minimum Gasteiger partial charge on any atom is -0.220 e. The molecule has 0 aliphatic carbocycles. The van der Waals surface area contributed by atoms with Gasteiger partial charge in [0, 0.05) is 0 Å². The molecule has 9 heteroatoms. The molecule has 0 aliphatic heterocycles. The molecule has 1 aromatic carbocycles. The summed E-state index contributed by atoms with van der Waals surface area (Å²) in [6.45, 7) is 0. The highest BCUT2D eigenvalue weighted by Gasteiger charge is 2.35. The van der Waals surface area contributed by atoms with Crippen LogP contribution in [-0.2, 0) is 16.2 Å². The zero-order valence-electron chi connectivity index (χ0n) is 10.2. The van der Waals surface area contributed by atoms with E-state index in [1.54, 1.807) is 0 Å². The van der Waals surface area contributed by atoms with Crippen LogP contribution < -0.4 is 4.72 Å². The fourth-order valence-corrected chi connectivity index (χ4v) is 2.50. The molecular formula is C11H10F3N3O2S. The van der Waals surface area contributed by atoms with Crippen LogP contribution in [0.15, 0.2) is 41.6 Å². The van der Waals surface area contributed by atoms with Gasteiger partial charge < -0.3 is 0 Å². The molecule has 1 N–H and O–H groups in total. The first-order chi connectivity index (χ1) is 9.27. The SMILES string of the molecule is CNS(=O)(=O)c1ccnn1-c1ccccc1C(F)(F)F. The molecule has 0 saturated heterocycles. The van der Waals surface area contributed by atoms with Crippen molar-refractivity contribution in [1.29, 1.82) is 0 Å². The third kappa shape index (κ3) is 2.54. The average Bonchev–Trinajstić information content (AvgIpc) is 2.87. The smallest absolute Gasteiger partial charge is 0.220 e. The van der Waals surface area contributed by atoms with Crippen LogP contribution in [-0.4, -0.2) is 25.2 Å². The quantitative estimate of drug-likeness (QED) is 0.940. The van der Waals surface area contributed by atoms with Crippen LogP contribution in [0.2, 0.25) is 0 Å². The molecule has 0 bridgehead atoms. The molecule has 0 amide bonds. The summed E-state index contributed by atoms with van der Waals surface area (Å²) in [6, 6.07) is 5.75. The molecule has 1 aromatic heterocycles. The van der Waals surface area contributed by atoms with E-state index in [1.807, 2.05) is 4.72 Å². The molecular weight excluding hydrogens is 295 g/mol. The predicted octanol–water partition coefficient (Wildman–Crippen LogP) is 1.80. The first-order valence-corrected chi connectivity index (χ1v) is 6.90. The topological polar surface area (TPSA) is 64.0 Å². The van der Waals surface area contributed by atoms with Gasteiger partial charge >= 0.3 is 6.18 Å². The Kier molecular flexibility index (Phi) is 3.57. The summed E-state index contributed by atoms with van der Waals surface area (Å²) in [4.78, 5) is 0. The minimum absolute atomic E-state index is 0.348. The van der Waals surface area contributed by atoms with E-state index >= 15 is 0 Å². The van der Waals surface area contributed by atoms with Crippen LogP contribution in [0.4, 0.5) is 13.2 Å². The molecule has 5 nitrogen and oxygen atoms in total. The Labute approximate surface area is 113 Å².